The second-order valence-corrected chi connectivity index (χ2v) is 21.7. The van der Waals surface area contributed by atoms with Crippen LogP contribution in [0.3, 0.4) is 0 Å². The fourth-order valence-electron chi connectivity index (χ4n) is 9.65. The molecule has 1 fully saturated rings. The van der Waals surface area contributed by atoms with Crippen LogP contribution in [-0.4, -0.2) is 89.2 Å². The number of hydrogen-bond acceptors (Lipinski definition) is 11. The van der Waals surface area contributed by atoms with Crippen molar-refractivity contribution in [2.24, 2.45) is 0 Å². The van der Waals surface area contributed by atoms with Crippen molar-refractivity contribution < 1.29 is 58.2 Å². The predicted molar refractivity (Wildman–Crippen MR) is 303 cm³/mol. The first-order chi connectivity index (χ1) is 36.6. The summed E-state index contributed by atoms with van der Waals surface area (Å²) in [4.78, 5) is 51.2. The van der Waals surface area contributed by atoms with Crippen LogP contribution in [0.15, 0.2) is 24.3 Å². The number of rotatable bonds is 54. The Morgan fingerprint density at radius 1 is 0.427 bits per heavy atom. The highest BCUT2D eigenvalue weighted by molar-refractivity contribution is 5.74. The first-order valence-corrected chi connectivity index (χ1v) is 31.3. The average molecular weight is 1060 g/mol. The van der Waals surface area contributed by atoms with Gasteiger partial charge in [0.05, 0.1) is 6.61 Å². The van der Waals surface area contributed by atoms with Gasteiger partial charge in [-0.3, -0.25) is 14.4 Å². The fraction of sp³-hybridized carbons (Fsp3) is 0.873. The number of allylic oxidation sites excluding steroid dienone is 4. The number of carbonyl (C=O) groups is 4. The number of ether oxygens (including phenoxy) is 5. The van der Waals surface area contributed by atoms with Gasteiger partial charge in [-0.25, -0.2) is 4.79 Å². The minimum absolute atomic E-state index is 0.0591. The van der Waals surface area contributed by atoms with Crippen molar-refractivity contribution in [1.29, 1.82) is 0 Å². The van der Waals surface area contributed by atoms with Crippen LogP contribution in [0.1, 0.15) is 303 Å². The lowest BCUT2D eigenvalue weighted by molar-refractivity contribution is -0.301. The van der Waals surface area contributed by atoms with E-state index in [0.717, 1.165) is 89.9 Å². The molecule has 75 heavy (non-hydrogen) atoms. The van der Waals surface area contributed by atoms with Crippen LogP contribution < -0.4 is 0 Å². The highest BCUT2D eigenvalue weighted by atomic mass is 16.7. The fourth-order valence-corrected chi connectivity index (χ4v) is 9.65. The van der Waals surface area contributed by atoms with Crippen LogP contribution >= 0.6 is 0 Å². The van der Waals surface area contributed by atoms with E-state index < -0.39 is 67.3 Å². The van der Waals surface area contributed by atoms with E-state index in [1.807, 2.05) is 0 Å². The van der Waals surface area contributed by atoms with Gasteiger partial charge in [-0.2, -0.15) is 0 Å². The number of aliphatic hydroxyl groups is 2. The van der Waals surface area contributed by atoms with Crippen molar-refractivity contribution in [1.82, 2.24) is 0 Å². The predicted octanol–water partition coefficient (Wildman–Crippen LogP) is 16.2. The van der Waals surface area contributed by atoms with Gasteiger partial charge in [0.1, 0.15) is 18.8 Å². The molecule has 0 aromatic heterocycles. The number of carboxylic acid groups (broad SMARTS) is 1. The Morgan fingerprint density at radius 3 is 1.15 bits per heavy atom. The van der Waals surface area contributed by atoms with Crippen molar-refractivity contribution in [3.8, 4) is 0 Å². The second kappa shape index (κ2) is 51.9. The molecule has 1 rings (SSSR count). The molecule has 6 unspecified atom stereocenters. The molecule has 12 heteroatoms. The van der Waals surface area contributed by atoms with Gasteiger partial charge in [-0.15, -0.1) is 0 Å². The summed E-state index contributed by atoms with van der Waals surface area (Å²) in [5.74, 6) is -3.10. The van der Waals surface area contributed by atoms with E-state index in [2.05, 4.69) is 45.1 Å². The maximum Gasteiger partial charge on any atom is 0.335 e. The lowest BCUT2D eigenvalue weighted by Gasteiger charge is -2.40. The highest BCUT2D eigenvalue weighted by Gasteiger charge is 2.50. The van der Waals surface area contributed by atoms with Crippen molar-refractivity contribution in [3.05, 3.63) is 24.3 Å². The molecule has 438 valence electrons. The van der Waals surface area contributed by atoms with Crippen molar-refractivity contribution in [2.75, 3.05) is 13.2 Å². The highest BCUT2D eigenvalue weighted by Crippen LogP contribution is 2.27. The molecule has 0 aromatic carbocycles. The second-order valence-electron chi connectivity index (χ2n) is 21.7. The Labute approximate surface area is 458 Å². The van der Waals surface area contributed by atoms with Gasteiger partial charge >= 0.3 is 23.9 Å². The summed E-state index contributed by atoms with van der Waals surface area (Å²) in [5.41, 5.74) is 0. The Balaban J connectivity index is 2.66. The zero-order chi connectivity index (χ0) is 54.7. The molecule has 1 aliphatic heterocycles. The topological polar surface area (TPSA) is 175 Å². The van der Waals surface area contributed by atoms with E-state index in [4.69, 9.17) is 23.7 Å². The molecule has 6 atom stereocenters. The van der Waals surface area contributed by atoms with Crippen molar-refractivity contribution >= 4 is 23.9 Å². The molecule has 1 heterocycles. The summed E-state index contributed by atoms with van der Waals surface area (Å²) in [7, 11) is 0. The van der Waals surface area contributed by atoms with Gasteiger partial charge in [0.25, 0.3) is 0 Å². The minimum Gasteiger partial charge on any atom is -0.479 e. The average Bonchev–Trinajstić information content (AvgIpc) is 3.39. The summed E-state index contributed by atoms with van der Waals surface area (Å²) >= 11 is 0. The first kappa shape index (κ1) is 70.2. The van der Waals surface area contributed by atoms with Crippen LogP contribution in [0.5, 0.6) is 0 Å². The number of aliphatic hydroxyl groups excluding tert-OH is 2. The first-order valence-electron chi connectivity index (χ1n) is 31.3. The van der Waals surface area contributed by atoms with E-state index in [-0.39, 0.29) is 25.9 Å². The number of carboxylic acids is 1. The summed E-state index contributed by atoms with van der Waals surface area (Å²) in [6, 6.07) is 0. The van der Waals surface area contributed by atoms with Gasteiger partial charge < -0.3 is 39.0 Å². The number of unbranched alkanes of at least 4 members (excludes halogenated alkanes) is 36. The lowest BCUT2D eigenvalue weighted by Crippen LogP contribution is -2.61. The molecule has 1 aliphatic rings. The number of carbonyl (C=O) groups excluding carboxylic acids is 3. The standard InChI is InChI=1S/C63H114O12/c1-4-7-10-13-16-19-22-25-27-28-30-33-36-39-42-45-48-51-57(66)74-61-59(68)58(67)60(62(69)70)75-63(61)72-53-54(73-56(65)50-47-44-41-38-35-31-24-21-18-15-12-9-6-3)52-71-55(64)49-46-43-40-37-34-32-29-26-23-20-17-14-11-8-5-2/h21,24-25,27,54,58-61,63,67-68H,4-20,22-23,26,28-53H2,1-3H3,(H,69,70)/b24-21-,27-25-. The maximum absolute atomic E-state index is 13.1. The number of esters is 3. The molecular weight excluding hydrogens is 949 g/mol. The van der Waals surface area contributed by atoms with E-state index in [1.165, 1.54) is 154 Å². The maximum atomic E-state index is 13.1. The summed E-state index contributed by atoms with van der Waals surface area (Å²) in [6.07, 6.45) is 47.1. The van der Waals surface area contributed by atoms with Crippen LogP contribution in [0.25, 0.3) is 0 Å². The van der Waals surface area contributed by atoms with Crippen molar-refractivity contribution in [2.45, 2.75) is 340 Å². The smallest absolute Gasteiger partial charge is 0.335 e. The van der Waals surface area contributed by atoms with Crippen LogP contribution in [0.2, 0.25) is 0 Å². The molecule has 0 bridgehead atoms. The van der Waals surface area contributed by atoms with Crippen molar-refractivity contribution in [3.63, 3.8) is 0 Å². The molecule has 0 aromatic rings. The molecule has 0 aliphatic carbocycles. The third-order valence-corrected chi connectivity index (χ3v) is 14.5. The molecule has 1 saturated heterocycles. The van der Waals surface area contributed by atoms with Gasteiger partial charge in [-0.05, 0) is 70.6 Å². The third kappa shape index (κ3) is 41.9. The van der Waals surface area contributed by atoms with E-state index >= 15 is 0 Å². The Kier molecular flexibility index (Phi) is 48.6. The minimum atomic E-state index is -1.90. The lowest BCUT2D eigenvalue weighted by atomic mass is 9.98. The number of aliphatic carboxylic acids is 1. The summed E-state index contributed by atoms with van der Waals surface area (Å²) in [5, 5.41) is 31.5. The largest absolute Gasteiger partial charge is 0.479 e. The third-order valence-electron chi connectivity index (χ3n) is 14.5. The van der Waals surface area contributed by atoms with Crippen LogP contribution in [0.4, 0.5) is 0 Å². The monoisotopic (exact) mass is 1060 g/mol. The molecule has 0 amide bonds. The molecule has 0 saturated carbocycles. The van der Waals surface area contributed by atoms with E-state index in [9.17, 15) is 34.5 Å². The quantitative estimate of drug-likeness (QED) is 0.0228. The summed E-state index contributed by atoms with van der Waals surface area (Å²) < 4.78 is 28.5. The SMILES string of the molecule is CCCCCC/C=C\CCCCCCCC(=O)OC(COC(=O)CCCCCCCCCCCCCCCCC)COC1OC(C(=O)O)C(O)C(O)C1OC(=O)CCCCCCCCC/C=C\CCCCCCCC. The Morgan fingerprint density at radius 2 is 0.760 bits per heavy atom. The molecule has 3 N–H and O–H groups in total. The molecular formula is C63H114O12. The Hall–Kier alpha value is -2.80. The molecule has 12 nitrogen and oxygen atoms in total. The zero-order valence-electron chi connectivity index (χ0n) is 48.3. The summed E-state index contributed by atoms with van der Waals surface area (Å²) in [6.45, 7) is 6.00. The molecule has 0 spiro atoms. The normalized spacial score (nSPS) is 18.2. The van der Waals surface area contributed by atoms with Gasteiger partial charge in [0.2, 0.25) is 0 Å². The van der Waals surface area contributed by atoms with Gasteiger partial charge in [-0.1, -0.05) is 238 Å². The van der Waals surface area contributed by atoms with Crippen LogP contribution in [0, 0.1) is 0 Å². The number of hydrogen-bond donors (Lipinski definition) is 3. The van der Waals surface area contributed by atoms with Gasteiger partial charge in [0.15, 0.2) is 24.6 Å². The van der Waals surface area contributed by atoms with Crippen LogP contribution in [-0.2, 0) is 42.9 Å². The zero-order valence-corrected chi connectivity index (χ0v) is 48.3. The van der Waals surface area contributed by atoms with E-state index in [1.54, 1.807) is 0 Å². The van der Waals surface area contributed by atoms with E-state index in [0.29, 0.717) is 19.3 Å². The Bertz CT molecular complexity index is 1400. The van der Waals surface area contributed by atoms with Gasteiger partial charge in [0, 0.05) is 19.3 Å². The molecule has 0 radical (unpaired) electrons.